The third-order valence-electron chi connectivity index (χ3n) is 3.94. The smallest absolute Gasteiger partial charge is 0.277 e. The van der Waals surface area contributed by atoms with Gasteiger partial charge in [-0.25, -0.2) is 4.98 Å². The quantitative estimate of drug-likeness (QED) is 0.653. The molecule has 1 unspecified atom stereocenters. The highest BCUT2D eigenvalue weighted by Crippen LogP contribution is 2.19. The summed E-state index contributed by atoms with van der Waals surface area (Å²) in [5.41, 5.74) is 10.1. The lowest BCUT2D eigenvalue weighted by molar-refractivity contribution is 0.102. The monoisotopic (exact) mass is 351 g/mol. The summed E-state index contributed by atoms with van der Waals surface area (Å²) in [6.45, 7) is 3.94. The first kappa shape index (κ1) is 17.7. The molecule has 1 heterocycles. The molecule has 0 saturated carbocycles. The van der Waals surface area contributed by atoms with Crippen molar-refractivity contribution in [1.82, 2.24) is 4.98 Å². The Balaban J connectivity index is 1.68. The highest BCUT2D eigenvalue weighted by Gasteiger charge is 2.18. The summed E-state index contributed by atoms with van der Waals surface area (Å²) in [6.07, 6.45) is 1.79. The van der Waals surface area contributed by atoms with Crippen molar-refractivity contribution in [2.75, 3.05) is 5.32 Å². The number of oxazole rings is 1. The predicted octanol–water partition coefficient (Wildman–Crippen LogP) is 3.49. The summed E-state index contributed by atoms with van der Waals surface area (Å²) in [7, 11) is 0. The predicted molar refractivity (Wildman–Crippen MR) is 99.1 cm³/mol. The number of aryl methyl sites for hydroxylation is 2. The minimum atomic E-state index is -0.484. The Morgan fingerprint density at radius 2 is 1.85 bits per heavy atom. The zero-order valence-corrected chi connectivity index (χ0v) is 14.7. The molecule has 3 aromatic rings. The van der Waals surface area contributed by atoms with Gasteiger partial charge in [0.05, 0.1) is 6.04 Å². The number of phenolic OH excluding ortho intramolecular Hbond substituents is 1. The van der Waals surface area contributed by atoms with E-state index in [1.54, 1.807) is 24.3 Å². The normalized spacial score (nSPS) is 12.0. The van der Waals surface area contributed by atoms with E-state index in [-0.39, 0.29) is 17.4 Å². The van der Waals surface area contributed by atoms with E-state index < -0.39 is 6.04 Å². The maximum atomic E-state index is 12.4. The number of carbonyl (C=O) groups excluding carboxylic acids is 1. The number of phenols is 1. The van der Waals surface area contributed by atoms with Gasteiger partial charge in [0.2, 0.25) is 5.89 Å². The van der Waals surface area contributed by atoms with E-state index in [4.69, 9.17) is 10.2 Å². The second-order valence-electron chi connectivity index (χ2n) is 6.38. The van der Waals surface area contributed by atoms with E-state index in [0.717, 1.165) is 16.7 Å². The highest BCUT2D eigenvalue weighted by molar-refractivity contribution is 6.02. The molecule has 0 spiro atoms. The van der Waals surface area contributed by atoms with Crippen LogP contribution in [0.3, 0.4) is 0 Å². The Kier molecular flexibility index (Phi) is 5.04. The van der Waals surface area contributed by atoms with Gasteiger partial charge in [0.25, 0.3) is 5.91 Å². The lowest BCUT2D eigenvalue weighted by atomic mass is 10.1. The molecule has 0 bridgehead atoms. The summed E-state index contributed by atoms with van der Waals surface area (Å²) in [6, 6.07) is 12.1. The number of carbonyl (C=O) groups is 1. The van der Waals surface area contributed by atoms with Crippen molar-refractivity contribution in [3.63, 3.8) is 0 Å². The van der Waals surface area contributed by atoms with E-state index in [0.29, 0.717) is 18.0 Å². The number of hydrogen-bond acceptors (Lipinski definition) is 5. The van der Waals surface area contributed by atoms with Gasteiger partial charge >= 0.3 is 0 Å². The van der Waals surface area contributed by atoms with Crippen molar-refractivity contribution < 1.29 is 14.3 Å². The number of amides is 1. The van der Waals surface area contributed by atoms with Gasteiger partial charge in [-0.3, -0.25) is 4.79 Å². The molecular formula is C20H21N3O3. The lowest BCUT2D eigenvalue weighted by Crippen LogP contribution is -2.16. The zero-order valence-electron chi connectivity index (χ0n) is 14.7. The molecule has 0 aliphatic carbocycles. The second kappa shape index (κ2) is 7.41. The fourth-order valence-corrected chi connectivity index (χ4v) is 2.78. The number of anilines is 1. The minimum Gasteiger partial charge on any atom is -0.508 e. The number of nitrogens with zero attached hydrogens (tertiary/aromatic N) is 1. The average molecular weight is 351 g/mol. The molecule has 6 heteroatoms. The molecule has 0 aliphatic rings. The molecular weight excluding hydrogens is 330 g/mol. The number of aromatic nitrogens is 1. The average Bonchev–Trinajstić information content (AvgIpc) is 3.06. The molecule has 1 atom stereocenters. The maximum Gasteiger partial charge on any atom is 0.277 e. The van der Waals surface area contributed by atoms with Gasteiger partial charge in [-0.15, -0.1) is 0 Å². The molecule has 0 fully saturated rings. The van der Waals surface area contributed by atoms with Gasteiger partial charge < -0.3 is 20.6 Å². The Morgan fingerprint density at radius 1 is 1.19 bits per heavy atom. The van der Waals surface area contributed by atoms with Crippen LogP contribution in [0.5, 0.6) is 5.75 Å². The van der Waals surface area contributed by atoms with Gasteiger partial charge in [-0.2, -0.15) is 0 Å². The number of benzene rings is 2. The first-order valence-corrected chi connectivity index (χ1v) is 8.29. The largest absolute Gasteiger partial charge is 0.508 e. The van der Waals surface area contributed by atoms with Gasteiger partial charge in [-0.05, 0) is 61.2 Å². The SMILES string of the molecule is Cc1cc(C)cc(NC(=O)c2coc(C(N)Cc3ccc(O)cc3)n2)c1. The zero-order chi connectivity index (χ0) is 18.7. The molecule has 2 aromatic carbocycles. The third kappa shape index (κ3) is 4.29. The van der Waals surface area contributed by atoms with Crippen LogP contribution in [0.1, 0.15) is 39.1 Å². The first-order chi connectivity index (χ1) is 12.4. The van der Waals surface area contributed by atoms with Crippen LogP contribution in [-0.2, 0) is 6.42 Å². The van der Waals surface area contributed by atoms with Gasteiger partial charge in [-0.1, -0.05) is 18.2 Å². The van der Waals surface area contributed by atoms with Crippen LogP contribution in [0.15, 0.2) is 53.1 Å². The summed E-state index contributed by atoms with van der Waals surface area (Å²) in [4.78, 5) is 16.6. The molecule has 1 amide bonds. The van der Waals surface area contributed by atoms with Crippen molar-refractivity contribution in [2.24, 2.45) is 5.73 Å². The lowest BCUT2D eigenvalue weighted by Gasteiger charge is -2.07. The maximum absolute atomic E-state index is 12.4. The summed E-state index contributed by atoms with van der Waals surface area (Å²) >= 11 is 0. The van der Waals surface area contributed by atoms with Crippen LogP contribution in [0, 0.1) is 13.8 Å². The van der Waals surface area contributed by atoms with E-state index in [9.17, 15) is 9.90 Å². The number of aromatic hydroxyl groups is 1. The van der Waals surface area contributed by atoms with Crippen LogP contribution in [-0.4, -0.2) is 16.0 Å². The third-order valence-corrected chi connectivity index (χ3v) is 3.94. The molecule has 134 valence electrons. The molecule has 6 nitrogen and oxygen atoms in total. The van der Waals surface area contributed by atoms with Crippen molar-refractivity contribution in [1.29, 1.82) is 0 Å². The van der Waals surface area contributed by atoms with Gasteiger partial charge in [0.1, 0.15) is 12.0 Å². The summed E-state index contributed by atoms with van der Waals surface area (Å²) in [5.74, 6) is 0.147. The summed E-state index contributed by atoms with van der Waals surface area (Å²) in [5, 5.41) is 12.1. The van der Waals surface area contributed by atoms with Crippen LogP contribution < -0.4 is 11.1 Å². The molecule has 1 aromatic heterocycles. The number of nitrogens with two attached hydrogens (primary N) is 1. The molecule has 0 aliphatic heterocycles. The minimum absolute atomic E-state index is 0.181. The Hall–Kier alpha value is -3.12. The standard InChI is InChI=1S/C20H21N3O3/c1-12-7-13(2)9-15(8-12)22-19(25)18-11-26-20(23-18)17(21)10-14-3-5-16(24)6-4-14/h3-9,11,17,24H,10,21H2,1-2H3,(H,22,25). The Bertz CT molecular complexity index is 896. The van der Waals surface area contributed by atoms with Crippen LogP contribution in [0.2, 0.25) is 0 Å². The van der Waals surface area contributed by atoms with E-state index in [1.165, 1.54) is 6.26 Å². The van der Waals surface area contributed by atoms with Crippen LogP contribution in [0.25, 0.3) is 0 Å². The topological polar surface area (TPSA) is 101 Å². The Morgan fingerprint density at radius 3 is 2.50 bits per heavy atom. The number of rotatable bonds is 5. The number of hydrogen-bond donors (Lipinski definition) is 3. The molecule has 4 N–H and O–H groups in total. The van der Waals surface area contributed by atoms with Crippen molar-refractivity contribution in [2.45, 2.75) is 26.3 Å². The summed E-state index contributed by atoms with van der Waals surface area (Å²) < 4.78 is 5.38. The Labute approximate surface area is 151 Å². The van der Waals surface area contributed by atoms with Crippen LogP contribution in [0.4, 0.5) is 5.69 Å². The van der Waals surface area contributed by atoms with Gasteiger partial charge in [0, 0.05) is 5.69 Å². The van der Waals surface area contributed by atoms with E-state index >= 15 is 0 Å². The van der Waals surface area contributed by atoms with Crippen molar-refractivity contribution >= 4 is 11.6 Å². The van der Waals surface area contributed by atoms with Crippen molar-refractivity contribution in [3.8, 4) is 5.75 Å². The van der Waals surface area contributed by atoms with Crippen molar-refractivity contribution in [3.05, 3.63) is 77.0 Å². The highest BCUT2D eigenvalue weighted by atomic mass is 16.3. The van der Waals surface area contributed by atoms with Crippen LogP contribution >= 0.6 is 0 Å². The molecule has 0 radical (unpaired) electrons. The first-order valence-electron chi connectivity index (χ1n) is 8.29. The van der Waals surface area contributed by atoms with E-state index in [1.807, 2.05) is 32.0 Å². The number of nitrogens with one attached hydrogen (secondary N) is 1. The van der Waals surface area contributed by atoms with E-state index in [2.05, 4.69) is 10.3 Å². The molecule has 0 saturated heterocycles. The molecule has 3 rings (SSSR count). The second-order valence-corrected chi connectivity index (χ2v) is 6.38. The van der Waals surface area contributed by atoms with Gasteiger partial charge in [0.15, 0.2) is 5.69 Å². The fraction of sp³-hybridized carbons (Fsp3) is 0.200. The molecule has 26 heavy (non-hydrogen) atoms. The fourth-order valence-electron chi connectivity index (χ4n) is 2.78.